The molecule has 4 heterocycles. The Morgan fingerprint density at radius 1 is 1.08 bits per heavy atom. The number of amides is 2. The van der Waals surface area contributed by atoms with Gasteiger partial charge >= 0.3 is 12.0 Å². The van der Waals surface area contributed by atoms with Gasteiger partial charge in [-0.1, -0.05) is 6.92 Å². The van der Waals surface area contributed by atoms with Crippen LogP contribution in [0.2, 0.25) is 0 Å². The molecule has 0 unspecified atom stereocenters. The van der Waals surface area contributed by atoms with Crippen molar-refractivity contribution in [1.82, 2.24) is 30.4 Å². The number of fused-ring (bicyclic) bond motifs is 3. The average molecular weight is 515 g/mol. The molecule has 1 fully saturated rings. The van der Waals surface area contributed by atoms with Crippen molar-refractivity contribution in [2.45, 2.75) is 58.5 Å². The fourth-order valence-electron chi connectivity index (χ4n) is 5.41. The van der Waals surface area contributed by atoms with Crippen LogP contribution in [-0.2, 0) is 28.9 Å². The fourth-order valence-corrected chi connectivity index (χ4v) is 6.69. The summed E-state index contributed by atoms with van der Waals surface area (Å²) in [6.07, 6.45) is 4.97. The van der Waals surface area contributed by atoms with Gasteiger partial charge < -0.3 is 20.4 Å². The number of nitrogens with zero attached hydrogens (tertiary/aromatic N) is 3. The molecular weight excluding hydrogens is 480 g/mol. The second-order valence-corrected chi connectivity index (χ2v) is 10.7. The number of aromatic amines is 1. The van der Waals surface area contributed by atoms with Gasteiger partial charge in [-0.05, 0) is 44.6 Å². The van der Waals surface area contributed by atoms with Crippen LogP contribution in [0.15, 0.2) is 16.1 Å². The molecule has 0 aromatic carbocycles. The van der Waals surface area contributed by atoms with Crippen LogP contribution < -0.4 is 16.2 Å². The van der Waals surface area contributed by atoms with Crippen molar-refractivity contribution in [2.24, 2.45) is 0 Å². The number of thiophene rings is 1. The van der Waals surface area contributed by atoms with Gasteiger partial charge in [0.05, 0.1) is 30.2 Å². The number of H-pyrrole nitrogens is 1. The first-order valence-corrected chi connectivity index (χ1v) is 13.7. The molecule has 3 aliphatic rings. The monoisotopic (exact) mass is 514 g/mol. The van der Waals surface area contributed by atoms with E-state index in [4.69, 9.17) is 9.72 Å². The maximum Gasteiger partial charge on any atom is 0.337 e. The highest BCUT2D eigenvalue weighted by Crippen LogP contribution is 2.33. The van der Waals surface area contributed by atoms with E-state index in [-0.39, 0.29) is 30.2 Å². The van der Waals surface area contributed by atoms with Crippen molar-refractivity contribution in [3.63, 3.8) is 0 Å². The third-order valence-electron chi connectivity index (χ3n) is 7.24. The van der Waals surface area contributed by atoms with Gasteiger partial charge in [-0.3, -0.25) is 14.6 Å². The van der Waals surface area contributed by atoms with Gasteiger partial charge in [-0.25, -0.2) is 14.6 Å². The number of hydrogen-bond donors (Lipinski definition) is 3. The standard InChI is InChI=1S/C25H34N6O4S/c1-3-16-21(24(33)35-4-2)17(27-25(34)26-16)13-30-9-11-31(12-10-30)14-19-28-22(32)20-15-7-5-6-8-18(15)36-23(20)29-19/h16H,3-14H2,1-2H3,(H2,26,27,34)(H,28,29,32)/t16-/m1/s1. The summed E-state index contributed by atoms with van der Waals surface area (Å²) in [5.74, 6) is 0.328. The molecule has 0 bridgehead atoms. The Kier molecular flexibility index (Phi) is 7.40. The van der Waals surface area contributed by atoms with E-state index in [1.807, 2.05) is 6.92 Å². The lowest BCUT2D eigenvalue weighted by atomic mass is 9.97. The highest BCUT2D eigenvalue weighted by molar-refractivity contribution is 7.18. The number of urea groups is 1. The number of aromatic nitrogens is 2. The van der Waals surface area contributed by atoms with Crippen LogP contribution in [0.5, 0.6) is 0 Å². The maximum absolute atomic E-state index is 12.9. The summed E-state index contributed by atoms with van der Waals surface area (Å²) >= 11 is 1.68. The van der Waals surface area contributed by atoms with Crippen LogP contribution >= 0.6 is 11.3 Å². The van der Waals surface area contributed by atoms with E-state index >= 15 is 0 Å². The van der Waals surface area contributed by atoms with E-state index in [0.29, 0.717) is 36.6 Å². The summed E-state index contributed by atoms with van der Waals surface area (Å²) in [6.45, 7) is 8.23. The molecule has 2 aromatic rings. The molecule has 36 heavy (non-hydrogen) atoms. The SMILES string of the molecule is CCOC(=O)C1=C(CN2CCN(Cc3nc4sc5c(c4c(=O)[nH]3)CCCC5)CC2)NC(=O)N[C@@H]1CC. The van der Waals surface area contributed by atoms with Crippen LogP contribution in [0.1, 0.15) is 49.4 Å². The lowest BCUT2D eigenvalue weighted by Gasteiger charge is -2.36. The summed E-state index contributed by atoms with van der Waals surface area (Å²) in [6, 6.07) is -0.640. The topological polar surface area (TPSA) is 120 Å². The van der Waals surface area contributed by atoms with E-state index in [9.17, 15) is 14.4 Å². The van der Waals surface area contributed by atoms with Crippen molar-refractivity contribution in [2.75, 3.05) is 39.3 Å². The molecule has 194 valence electrons. The van der Waals surface area contributed by atoms with Gasteiger partial charge in [0.25, 0.3) is 5.56 Å². The number of carbonyl (C=O) groups is 2. The Hall–Kier alpha value is -2.76. The zero-order valence-electron chi connectivity index (χ0n) is 20.9. The van der Waals surface area contributed by atoms with Gasteiger partial charge in [-0.2, -0.15) is 0 Å². The number of rotatable bonds is 7. The van der Waals surface area contributed by atoms with Crippen LogP contribution in [0.25, 0.3) is 10.2 Å². The second-order valence-electron chi connectivity index (χ2n) is 9.63. The van der Waals surface area contributed by atoms with Crippen LogP contribution in [0.3, 0.4) is 0 Å². The molecule has 2 aliphatic heterocycles. The molecule has 2 aromatic heterocycles. The Labute approximate surface area is 214 Å². The number of piperazine rings is 1. The number of aryl methyl sites for hydroxylation is 2. The first kappa shape index (κ1) is 24.9. The summed E-state index contributed by atoms with van der Waals surface area (Å²) in [5.41, 5.74) is 2.33. The quantitative estimate of drug-likeness (QED) is 0.483. The minimum Gasteiger partial charge on any atom is -0.463 e. The number of nitrogens with one attached hydrogen (secondary N) is 3. The molecule has 1 atom stereocenters. The van der Waals surface area contributed by atoms with Crippen molar-refractivity contribution in [3.8, 4) is 0 Å². The van der Waals surface area contributed by atoms with E-state index < -0.39 is 0 Å². The number of ether oxygens (including phenoxy) is 1. The Morgan fingerprint density at radius 2 is 1.81 bits per heavy atom. The lowest BCUT2D eigenvalue weighted by Crippen LogP contribution is -2.54. The lowest BCUT2D eigenvalue weighted by molar-refractivity contribution is -0.139. The van der Waals surface area contributed by atoms with Gasteiger partial charge in [0.1, 0.15) is 10.7 Å². The van der Waals surface area contributed by atoms with Crippen LogP contribution in [-0.4, -0.2) is 77.1 Å². The highest BCUT2D eigenvalue weighted by Gasteiger charge is 2.32. The van der Waals surface area contributed by atoms with Crippen LogP contribution in [0.4, 0.5) is 4.79 Å². The Balaban J connectivity index is 1.25. The molecule has 1 aliphatic carbocycles. The number of carbonyl (C=O) groups excluding carboxylic acids is 2. The third kappa shape index (κ3) is 5.05. The van der Waals surface area contributed by atoms with Gasteiger partial charge in [-0.15, -0.1) is 11.3 Å². The predicted octanol–water partition coefficient (Wildman–Crippen LogP) is 1.89. The fraction of sp³-hybridized carbons (Fsp3) is 0.600. The molecule has 0 spiro atoms. The first-order valence-electron chi connectivity index (χ1n) is 12.9. The van der Waals surface area contributed by atoms with Crippen molar-refractivity contribution < 1.29 is 14.3 Å². The smallest absolute Gasteiger partial charge is 0.337 e. The first-order chi connectivity index (χ1) is 17.5. The van der Waals surface area contributed by atoms with Crippen molar-refractivity contribution >= 4 is 33.6 Å². The summed E-state index contributed by atoms with van der Waals surface area (Å²) in [7, 11) is 0. The largest absolute Gasteiger partial charge is 0.463 e. The number of hydrogen-bond acceptors (Lipinski definition) is 8. The van der Waals surface area contributed by atoms with Gasteiger partial charge in [0.2, 0.25) is 0 Å². The molecule has 3 N–H and O–H groups in total. The van der Waals surface area contributed by atoms with E-state index in [1.165, 1.54) is 16.9 Å². The molecule has 2 amide bonds. The molecule has 1 saturated heterocycles. The summed E-state index contributed by atoms with van der Waals surface area (Å²) < 4.78 is 5.27. The zero-order valence-corrected chi connectivity index (χ0v) is 21.8. The molecule has 10 nitrogen and oxygen atoms in total. The van der Waals surface area contributed by atoms with E-state index in [2.05, 4.69) is 25.4 Å². The normalized spacial score (nSPS) is 21.3. The summed E-state index contributed by atoms with van der Waals surface area (Å²) in [4.78, 5) is 52.2. The molecular formula is C25H34N6O4S. The highest BCUT2D eigenvalue weighted by atomic mass is 32.1. The Morgan fingerprint density at radius 3 is 2.53 bits per heavy atom. The van der Waals surface area contributed by atoms with Crippen LogP contribution in [0, 0.1) is 0 Å². The van der Waals surface area contributed by atoms with Crippen molar-refractivity contribution in [1.29, 1.82) is 0 Å². The second kappa shape index (κ2) is 10.7. The van der Waals surface area contributed by atoms with Gasteiger partial charge in [0.15, 0.2) is 0 Å². The third-order valence-corrected chi connectivity index (χ3v) is 8.43. The van der Waals surface area contributed by atoms with Crippen molar-refractivity contribution in [3.05, 3.63) is 37.9 Å². The van der Waals surface area contributed by atoms with Gasteiger partial charge in [0, 0.05) is 43.3 Å². The molecule has 0 saturated carbocycles. The maximum atomic E-state index is 12.9. The zero-order chi connectivity index (χ0) is 25.2. The predicted molar refractivity (Wildman–Crippen MR) is 138 cm³/mol. The number of esters is 1. The Bertz CT molecular complexity index is 1240. The summed E-state index contributed by atoms with van der Waals surface area (Å²) in [5, 5.41) is 6.45. The molecule has 5 rings (SSSR count). The minimum atomic E-state index is -0.383. The molecule has 11 heteroatoms. The van der Waals surface area contributed by atoms with E-state index in [0.717, 1.165) is 55.7 Å². The van der Waals surface area contributed by atoms with E-state index in [1.54, 1.807) is 18.3 Å². The average Bonchev–Trinajstić information content (AvgIpc) is 3.24. The molecule has 0 radical (unpaired) electrons. The minimum absolute atomic E-state index is 0.0152.